The maximum Gasteiger partial charge on any atom is 0.236 e. The third-order valence-electron chi connectivity index (χ3n) is 4.42. The Morgan fingerprint density at radius 3 is 2.91 bits per heavy atom. The number of alkyl halides is 1. The van der Waals surface area contributed by atoms with E-state index < -0.39 is 12.1 Å². The summed E-state index contributed by atoms with van der Waals surface area (Å²) in [4.78, 5) is 7.65. The number of nitrogens with one attached hydrogen (secondary N) is 1. The lowest BCUT2D eigenvalue weighted by Gasteiger charge is -2.30. The van der Waals surface area contributed by atoms with Crippen molar-refractivity contribution in [3.05, 3.63) is 36.4 Å². The molecule has 114 valence electrons. The highest BCUT2D eigenvalue weighted by Crippen LogP contribution is 2.36. The van der Waals surface area contributed by atoms with Gasteiger partial charge in [0.25, 0.3) is 0 Å². The zero-order valence-corrected chi connectivity index (χ0v) is 12.0. The summed E-state index contributed by atoms with van der Waals surface area (Å²) in [7, 11) is 0. The molecule has 6 heteroatoms. The van der Waals surface area contributed by atoms with Gasteiger partial charge in [-0.25, -0.2) is 4.39 Å². The van der Waals surface area contributed by atoms with Gasteiger partial charge in [0.05, 0.1) is 5.41 Å². The molecule has 3 heterocycles. The fourth-order valence-corrected chi connectivity index (χ4v) is 3.00. The minimum Gasteiger partial charge on any atom is -0.381 e. The smallest absolute Gasteiger partial charge is 0.236 e. The molecule has 0 spiro atoms. The Kier molecular flexibility index (Phi) is 3.18. The normalized spacial score (nSPS) is 17.9. The summed E-state index contributed by atoms with van der Waals surface area (Å²) in [5, 5.41) is 5.10. The van der Waals surface area contributed by atoms with Crippen molar-refractivity contribution in [1.82, 2.24) is 15.1 Å². The third kappa shape index (κ3) is 2.02. The lowest BCUT2D eigenvalue weighted by molar-refractivity contribution is 0.0270. The van der Waals surface area contributed by atoms with Gasteiger partial charge in [-0.3, -0.25) is 0 Å². The van der Waals surface area contributed by atoms with Gasteiger partial charge in [-0.1, -0.05) is 17.3 Å². The largest absolute Gasteiger partial charge is 0.381 e. The van der Waals surface area contributed by atoms with Gasteiger partial charge in [-0.15, -0.1) is 0 Å². The van der Waals surface area contributed by atoms with Crippen LogP contribution in [0.15, 0.2) is 35.0 Å². The molecule has 3 aromatic rings. The number of H-pyrrole nitrogens is 1. The van der Waals surface area contributed by atoms with Crippen LogP contribution in [0.25, 0.3) is 22.3 Å². The maximum atomic E-state index is 13.6. The first kappa shape index (κ1) is 13.5. The number of hydrogen-bond donors (Lipinski definition) is 1. The molecule has 1 aromatic carbocycles. The van der Waals surface area contributed by atoms with Crippen LogP contribution in [-0.4, -0.2) is 35.0 Å². The Hall–Kier alpha value is -2.21. The van der Waals surface area contributed by atoms with Gasteiger partial charge >= 0.3 is 0 Å². The summed E-state index contributed by atoms with van der Waals surface area (Å²) in [6, 6.07) is 7.84. The number of aromatic amines is 1. The highest BCUT2D eigenvalue weighted by molar-refractivity contribution is 5.93. The zero-order valence-electron chi connectivity index (χ0n) is 12.0. The first-order chi connectivity index (χ1) is 10.8. The van der Waals surface area contributed by atoms with E-state index in [9.17, 15) is 4.39 Å². The molecule has 22 heavy (non-hydrogen) atoms. The zero-order chi connectivity index (χ0) is 15.0. The minimum absolute atomic E-state index is 0.376. The van der Waals surface area contributed by atoms with Crippen LogP contribution in [0.1, 0.15) is 18.7 Å². The monoisotopic (exact) mass is 301 g/mol. The Morgan fingerprint density at radius 2 is 2.09 bits per heavy atom. The number of nitrogens with zero attached hydrogens (tertiary/aromatic N) is 2. The molecule has 0 amide bonds. The average Bonchev–Trinajstić information content (AvgIpc) is 3.24. The number of halogens is 1. The first-order valence-electron chi connectivity index (χ1n) is 7.37. The molecule has 0 bridgehead atoms. The van der Waals surface area contributed by atoms with E-state index in [0.717, 1.165) is 16.5 Å². The predicted octanol–water partition coefficient (Wildman–Crippen LogP) is 3.24. The van der Waals surface area contributed by atoms with Crippen LogP contribution in [0, 0.1) is 0 Å². The first-order valence-corrected chi connectivity index (χ1v) is 7.37. The quantitative estimate of drug-likeness (QED) is 0.806. The standard InChI is InChI=1S/C16H16FN3O2/c17-10-16(5-8-21-9-6-16)15-19-14(20-22-15)12-2-1-3-13-11(12)4-7-18-13/h1-4,7,18H,5-6,8-10H2. The molecule has 0 atom stereocenters. The fourth-order valence-electron chi connectivity index (χ4n) is 3.00. The molecule has 0 aliphatic carbocycles. The van der Waals surface area contributed by atoms with Crippen molar-refractivity contribution in [1.29, 1.82) is 0 Å². The van der Waals surface area contributed by atoms with E-state index in [4.69, 9.17) is 9.26 Å². The van der Waals surface area contributed by atoms with Gasteiger partial charge in [0.2, 0.25) is 11.7 Å². The molecule has 0 saturated carbocycles. The van der Waals surface area contributed by atoms with Crippen molar-refractivity contribution in [2.75, 3.05) is 19.9 Å². The third-order valence-corrected chi connectivity index (χ3v) is 4.42. The SMILES string of the molecule is FCC1(c2nc(-c3cccc4[nH]ccc34)no2)CCOCC1. The van der Waals surface area contributed by atoms with Crippen molar-refractivity contribution in [2.45, 2.75) is 18.3 Å². The van der Waals surface area contributed by atoms with E-state index in [1.807, 2.05) is 30.5 Å². The highest BCUT2D eigenvalue weighted by atomic mass is 19.1. The predicted molar refractivity (Wildman–Crippen MR) is 79.3 cm³/mol. The Bertz CT molecular complexity index is 789. The van der Waals surface area contributed by atoms with Crippen LogP contribution >= 0.6 is 0 Å². The Balaban J connectivity index is 1.76. The summed E-state index contributed by atoms with van der Waals surface area (Å²) in [5.74, 6) is 0.875. The summed E-state index contributed by atoms with van der Waals surface area (Å²) < 4.78 is 24.4. The minimum atomic E-state index is -0.699. The van der Waals surface area contributed by atoms with E-state index in [1.165, 1.54) is 0 Å². The van der Waals surface area contributed by atoms with Crippen LogP contribution in [0.4, 0.5) is 4.39 Å². The number of fused-ring (bicyclic) bond motifs is 1. The number of ether oxygens (including phenoxy) is 1. The van der Waals surface area contributed by atoms with Gasteiger partial charge in [-0.05, 0) is 25.0 Å². The fraction of sp³-hybridized carbons (Fsp3) is 0.375. The maximum absolute atomic E-state index is 13.6. The van der Waals surface area contributed by atoms with E-state index in [2.05, 4.69) is 15.1 Å². The van der Waals surface area contributed by atoms with Gasteiger partial charge in [0.1, 0.15) is 6.67 Å². The van der Waals surface area contributed by atoms with Crippen LogP contribution in [0.3, 0.4) is 0 Å². The van der Waals surface area contributed by atoms with Crippen LogP contribution in [0.5, 0.6) is 0 Å². The van der Waals surface area contributed by atoms with E-state index in [0.29, 0.717) is 37.8 Å². The molecule has 1 N–H and O–H groups in total. The second-order valence-corrected chi connectivity index (χ2v) is 5.69. The van der Waals surface area contributed by atoms with E-state index in [1.54, 1.807) is 0 Å². The van der Waals surface area contributed by atoms with Crippen molar-refractivity contribution in [3.63, 3.8) is 0 Å². The molecule has 0 unspecified atom stereocenters. The van der Waals surface area contributed by atoms with Gasteiger partial charge < -0.3 is 14.2 Å². The molecular formula is C16H16FN3O2. The van der Waals surface area contributed by atoms with Crippen molar-refractivity contribution < 1.29 is 13.7 Å². The lowest BCUT2D eigenvalue weighted by Crippen LogP contribution is -2.36. The topological polar surface area (TPSA) is 63.9 Å². The van der Waals surface area contributed by atoms with Crippen LogP contribution in [0.2, 0.25) is 0 Å². The molecule has 1 aliphatic rings. The number of benzene rings is 1. The average molecular weight is 301 g/mol. The van der Waals surface area contributed by atoms with Gasteiger partial charge in [0.15, 0.2) is 0 Å². The Labute approximate surface area is 126 Å². The molecule has 2 aromatic heterocycles. The van der Waals surface area contributed by atoms with Gasteiger partial charge in [0, 0.05) is 35.9 Å². The Morgan fingerprint density at radius 1 is 1.23 bits per heavy atom. The number of aromatic nitrogens is 3. The van der Waals surface area contributed by atoms with Gasteiger partial charge in [-0.2, -0.15) is 4.98 Å². The molecule has 5 nitrogen and oxygen atoms in total. The van der Waals surface area contributed by atoms with E-state index in [-0.39, 0.29) is 0 Å². The number of hydrogen-bond acceptors (Lipinski definition) is 4. The van der Waals surface area contributed by atoms with Crippen molar-refractivity contribution >= 4 is 10.9 Å². The summed E-state index contributed by atoms with van der Waals surface area (Å²) >= 11 is 0. The summed E-state index contributed by atoms with van der Waals surface area (Å²) in [5.41, 5.74) is 1.19. The highest BCUT2D eigenvalue weighted by Gasteiger charge is 2.40. The number of rotatable bonds is 3. The molecule has 0 radical (unpaired) electrons. The second-order valence-electron chi connectivity index (χ2n) is 5.69. The lowest BCUT2D eigenvalue weighted by atomic mass is 9.81. The molecular weight excluding hydrogens is 285 g/mol. The van der Waals surface area contributed by atoms with Crippen LogP contribution < -0.4 is 0 Å². The molecule has 1 fully saturated rings. The van der Waals surface area contributed by atoms with E-state index >= 15 is 0 Å². The van der Waals surface area contributed by atoms with Crippen molar-refractivity contribution in [3.8, 4) is 11.4 Å². The summed E-state index contributed by atoms with van der Waals surface area (Å²) in [6.07, 6.45) is 3.01. The molecule has 4 rings (SSSR count). The van der Waals surface area contributed by atoms with Crippen molar-refractivity contribution in [2.24, 2.45) is 0 Å². The second kappa shape index (κ2) is 5.21. The molecule has 1 saturated heterocycles. The summed E-state index contributed by atoms with van der Waals surface area (Å²) in [6.45, 7) is 0.538. The molecule has 1 aliphatic heterocycles. The van der Waals surface area contributed by atoms with Crippen LogP contribution in [-0.2, 0) is 10.2 Å².